The summed E-state index contributed by atoms with van der Waals surface area (Å²) in [5.41, 5.74) is 3.54. The Morgan fingerprint density at radius 2 is 1.88 bits per heavy atom. The maximum atomic E-state index is 14.9. The van der Waals surface area contributed by atoms with Gasteiger partial charge in [-0.15, -0.1) is 0 Å². The fourth-order valence-corrected chi connectivity index (χ4v) is 4.89. The van der Waals surface area contributed by atoms with Crippen molar-refractivity contribution in [2.45, 2.75) is 62.8 Å². The van der Waals surface area contributed by atoms with Gasteiger partial charge in [0.1, 0.15) is 11.4 Å². The summed E-state index contributed by atoms with van der Waals surface area (Å²) in [5, 5.41) is 7.96. The lowest BCUT2D eigenvalue weighted by Crippen LogP contribution is -2.59. The van der Waals surface area contributed by atoms with Gasteiger partial charge in [0.2, 0.25) is 5.91 Å². The van der Waals surface area contributed by atoms with Crippen molar-refractivity contribution in [2.24, 2.45) is 10.7 Å². The molecule has 8 nitrogen and oxygen atoms in total. The highest BCUT2D eigenvalue weighted by Crippen LogP contribution is 2.36. The van der Waals surface area contributed by atoms with Crippen molar-refractivity contribution in [3.8, 4) is 0 Å². The van der Waals surface area contributed by atoms with Crippen LogP contribution in [0.2, 0.25) is 0 Å². The Balaban J connectivity index is 1.39. The molecule has 0 aromatic heterocycles. The van der Waals surface area contributed by atoms with E-state index in [9.17, 15) is 27.2 Å². The van der Waals surface area contributed by atoms with Crippen LogP contribution in [0.25, 0.3) is 0 Å². The summed E-state index contributed by atoms with van der Waals surface area (Å²) in [5.74, 6) is -1.87. The molecule has 2 aromatic carbocycles. The normalized spacial score (nSPS) is 20.2. The lowest BCUT2D eigenvalue weighted by Gasteiger charge is -2.27. The van der Waals surface area contributed by atoms with E-state index in [4.69, 9.17) is 10.5 Å². The quantitative estimate of drug-likeness (QED) is 0.196. The van der Waals surface area contributed by atoms with E-state index in [1.165, 1.54) is 43.0 Å². The molecule has 220 valence electrons. The van der Waals surface area contributed by atoms with Crippen LogP contribution in [0.4, 0.5) is 28.9 Å². The molecule has 1 saturated heterocycles. The number of hydrogen-bond acceptors (Lipinski definition) is 6. The molecule has 5 N–H and O–H groups in total. The van der Waals surface area contributed by atoms with Crippen molar-refractivity contribution in [3.63, 3.8) is 0 Å². The largest absolute Gasteiger partial charge is 0.418 e. The van der Waals surface area contributed by atoms with Gasteiger partial charge in [-0.25, -0.2) is 4.39 Å². The Kier molecular flexibility index (Phi) is 9.64. The van der Waals surface area contributed by atoms with Crippen LogP contribution in [0.15, 0.2) is 59.2 Å². The first kappa shape index (κ1) is 30.0. The third-order valence-electron chi connectivity index (χ3n) is 7.25. The van der Waals surface area contributed by atoms with Gasteiger partial charge in [0, 0.05) is 49.3 Å². The smallest absolute Gasteiger partial charge is 0.404 e. The molecule has 2 aliphatic rings. The lowest BCUT2D eigenvalue weighted by atomic mass is 9.95. The number of aliphatic imine (C=N–C) groups is 1. The molecule has 1 aliphatic carbocycles. The zero-order valence-electron chi connectivity index (χ0n) is 22.4. The number of amides is 2. The molecule has 2 amide bonds. The van der Waals surface area contributed by atoms with Gasteiger partial charge < -0.3 is 26.4 Å². The van der Waals surface area contributed by atoms with E-state index in [1.54, 1.807) is 0 Å². The molecular weight excluding hydrogens is 542 g/mol. The number of rotatable bonds is 9. The number of carbonyl (C=O) groups excluding carboxylic acids is 2. The topological polar surface area (TPSA) is 118 Å². The Hall–Kier alpha value is -3.93. The van der Waals surface area contributed by atoms with Crippen molar-refractivity contribution in [3.05, 3.63) is 71.2 Å². The van der Waals surface area contributed by atoms with Crippen molar-refractivity contribution < 1.29 is 31.9 Å². The molecule has 1 atom stereocenters. The van der Waals surface area contributed by atoms with Gasteiger partial charge in [0.25, 0.3) is 5.91 Å². The summed E-state index contributed by atoms with van der Waals surface area (Å²) in [7, 11) is 0. The zero-order valence-corrected chi connectivity index (χ0v) is 22.4. The minimum absolute atomic E-state index is 0.0772. The second-order valence-electron chi connectivity index (χ2n) is 10.2. The Bertz CT molecular complexity index is 1300. The van der Waals surface area contributed by atoms with Crippen LogP contribution in [-0.4, -0.2) is 42.8 Å². The van der Waals surface area contributed by atoms with E-state index in [0.29, 0.717) is 0 Å². The molecule has 4 rings (SSSR count). The van der Waals surface area contributed by atoms with Gasteiger partial charge in [0.15, 0.2) is 0 Å². The number of benzene rings is 2. The fourth-order valence-electron chi connectivity index (χ4n) is 4.89. The van der Waals surface area contributed by atoms with Gasteiger partial charge in [-0.3, -0.25) is 14.6 Å². The molecule has 0 spiro atoms. The highest BCUT2D eigenvalue weighted by molar-refractivity contribution is 6.13. The maximum Gasteiger partial charge on any atom is 0.418 e. The predicted molar refractivity (Wildman–Crippen MR) is 147 cm³/mol. The molecule has 1 heterocycles. The minimum atomic E-state index is -4.58. The number of alkyl halides is 3. The second-order valence-corrected chi connectivity index (χ2v) is 10.2. The molecule has 1 saturated carbocycles. The van der Waals surface area contributed by atoms with Crippen molar-refractivity contribution in [1.29, 1.82) is 0 Å². The highest BCUT2D eigenvalue weighted by atomic mass is 19.4. The van der Waals surface area contributed by atoms with E-state index in [2.05, 4.69) is 20.9 Å². The zero-order chi connectivity index (χ0) is 29.5. The first-order chi connectivity index (χ1) is 19.6. The Morgan fingerprint density at radius 1 is 1.12 bits per heavy atom. The van der Waals surface area contributed by atoms with Gasteiger partial charge in [-0.05, 0) is 37.1 Å². The van der Waals surface area contributed by atoms with Gasteiger partial charge in [-0.2, -0.15) is 13.2 Å². The predicted octanol–water partition coefficient (Wildman–Crippen LogP) is 4.73. The van der Waals surface area contributed by atoms with Gasteiger partial charge in [0.05, 0.1) is 23.4 Å². The van der Waals surface area contributed by atoms with E-state index < -0.39 is 34.9 Å². The molecule has 0 unspecified atom stereocenters. The Morgan fingerprint density at radius 3 is 2.54 bits per heavy atom. The number of halogens is 4. The van der Waals surface area contributed by atoms with Crippen LogP contribution in [0, 0.1) is 5.82 Å². The van der Waals surface area contributed by atoms with Crippen LogP contribution in [0.5, 0.6) is 0 Å². The summed E-state index contributed by atoms with van der Waals surface area (Å²) in [6, 6.07) is 8.85. The van der Waals surface area contributed by atoms with Crippen molar-refractivity contribution in [1.82, 2.24) is 10.6 Å². The number of ether oxygens (including phenoxy) is 1. The van der Waals surface area contributed by atoms with Gasteiger partial charge in [-0.1, -0.05) is 37.5 Å². The van der Waals surface area contributed by atoms with E-state index in [0.717, 1.165) is 44.0 Å². The number of nitrogens with one attached hydrogen (secondary N) is 3. The molecule has 0 bridgehead atoms. The molecule has 1 aliphatic heterocycles. The van der Waals surface area contributed by atoms with Crippen LogP contribution in [0.3, 0.4) is 0 Å². The molecule has 2 aromatic rings. The average molecular weight is 576 g/mol. The summed E-state index contributed by atoms with van der Waals surface area (Å²) in [6.45, 7) is -0.0593. The Labute approximate surface area is 235 Å². The first-order valence-electron chi connectivity index (χ1n) is 13.5. The average Bonchev–Trinajstić information content (AvgIpc) is 3.43. The van der Waals surface area contributed by atoms with Crippen LogP contribution in [0.1, 0.15) is 49.7 Å². The number of nitrogens with zero attached hydrogens (tertiary/aromatic N) is 1. The van der Waals surface area contributed by atoms with E-state index in [1.807, 2.05) is 0 Å². The minimum Gasteiger partial charge on any atom is -0.404 e. The van der Waals surface area contributed by atoms with Crippen molar-refractivity contribution >= 4 is 29.4 Å². The molecule has 0 radical (unpaired) electrons. The summed E-state index contributed by atoms with van der Waals surface area (Å²) in [6.07, 6.45) is 3.44. The number of carbonyl (C=O) groups is 2. The maximum absolute atomic E-state index is 14.9. The van der Waals surface area contributed by atoms with Crippen molar-refractivity contribution in [2.75, 3.05) is 18.5 Å². The third-order valence-corrected chi connectivity index (χ3v) is 7.25. The van der Waals surface area contributed by atoms with Crippen LogP contribution >= 0.6 is 0 Å². The number of hydrogen-bond donors (Lipinski definition) is 4. The molecule has 41 heavy (non-hydrogen) atoms. The van der Waals surface area contributed by atoms with Crippen LogP contribution < -0.4 is 21.7 Å². The first-order valence-corrected chi connectivity index (χ1v) is 13.5. The lowest BCUT2D eigenvalue weighted by molar-refractivity contribution is -0.137. The third kappa shape index (κ3) is 7.63. The number of nitrogens with two attached hydrogens (primary N) is 1. The number of para-hydroxylation sites is 1. The van der Waals surface area contributed by atoms with Crippen LogP contribution in [-0.2, 0) is 27.0 Å². The molecule has 12 heteroatoms. The second kappa shape index (κ2) is 13.2. The monoisotopic (exact) mass is 575 g/mol. The van der Waals surface area contributed by atoms with E-state index in [-0.39, 0.29) is 54.7 Å². The van der Waals surface area contributed by atoms with E-state index >= 15 is 0 Å². The standard InChI is InChI=1S/C29H33F4N5O3/c30-24-14-22(37-25-9-5-4-8-23(25)29(31,32)33)11-10-19(24)16-36-27(40)28(12-13-41-18-28)38-26(39)20(15-34)17-35-21-6-2-1-3-7-21/h4-5,8-11,14-15,17,21,37H,1-3,6-7,12-13,16,18,34H2,(H,36,40)(H,38,39)/t28-/m0/s1. The highest BCUT2D eigenvalue weighted by Gasteiger charge is 2.44. The SMILES string of the molecule is NC=C(C=NC1CCCCC1)C(=O)N[C@@]1(C(=O)NCc2ccc(Nc3ccccc3C(F)(F)F)cc2F)CCOC1. The number of anilines is 2. The summed E-state index contributed by atoms with van der Waals surface area (Å²) in [4.78, 5) is 30.7. The van der Waals surface area contributed by atoms with Gasteiger partial charge >= 0.3 is 6.18 Å². The fraction of sp³-hybridized carbons (Fsp3) is 0.414. The summed E-state index contributed by atoms with van der Waals surface area (Å²) >= 11 is 0. The molecular formula is C29H33F4N5O3. The summed E-state index contributed by atoms with van der Waals surface area (Å²) < 4.78 is 60.1. The molecule has 2 fully saturated rings.